The van der Waals surface area contributed by atoms with E-state index in [0.29, 0.717) is 10.1 Å². The Morgan fingerprint density at radius 2 is 1.74 bits per heavy atom. The Morgan fingerprint density at radius 3 is 2.51 bits per heavy atom. The summed E-state index contributed by atoms with van der Waals surface area (Å²) < 4.78 is 13.4. The van der Waals surface area contributed by atoms with Gasteiger partial charge in [-0.05, 0) is 86.2 Å². The lowest BCUT2D eigenvalue weighted by molar-refractivity contribution is 0.174. The molecule has 4 aromatic rings. The molecule has 0 unspecified atom stereocenters. The molecule has 35 heavy (non-hydrogen) atoms. The van der Waals surface area contributed by atoms with Crippen LogP contribution in [0.3, 0.4) is 0 Å². The molecular weight excluding hydrogens is 480 g/mol. The summed E-state index contributed by atoms with van der Waals surface area (Å²) in [6.07, 6.45) is 1.82. The van der Waals surface area contributed by atoms with Crippen molar-refractivity contribution in [1.82, 2.24) is 14.9 Å². The molecule has 8 heteroatoms. The first-order valence-electron chi connectivity index (χ1n) is 11.4. The summed E-state index contributed by atoms with van der Waals surface area (Å²) in [5.74, 6) is 1.46. The van der Waals surface area contributed by atoms with E-state index in [4.69, 9.17) is 33.3 Å². The molecule has 0 aliphatic carbocycles. The van der Waals surface area contributed by atoms with Gasteiger partial charge < -0.3 is 24.3 Å². The Kier molecular flexibility index (Phi) is 5.39. The average molecular weight is 503 g/mol. The fourth-order valence-corrected chi connectivity index (χ4v) is 5.53. The fraction of sp³-hybridized carbons (Fsp3) is 0.185. The van der Waals surface area contributed by atoms with Crippen LogP contribution in [0, 0.1) is 13.8 Å². The topological polar surface area (TPSA) is 51.6 Å². The van der Waals surface area contributed by atoms with Gasteiger partial charge in [0, 0.05) is 40.0 Å². The molecule has 6 rings (SSSR count). The molecule has 0 bridgehead atoms. The summed E-state index contributed by atoms with van der Waals surface area (Å²) >= 11 is 12.0. The molecule has 1 N–H and O–H groups in total. The lowest BCUT2D eigenvalue weighted by Gasteiger charge is -2.28. The Morgan fingerprint density at radius 1 is 0.971 bits per heavy atom. The van der Waals surface area contributed by atoms with Crippen LogP contribution in [0.4, 0.5) is 5.69 Å². The van der Waals surface area contributed by atoms with Gasteiger partial charge in [0.05, 0.1) is 17.8 Å². The number of hydrogen-bond acceptors (Lipinski definition) is 4. The van der Waals surface area contributed by atoms with Crippen LogP contribution >= 0.6 is 23.8 Å². The van der Waals surface area contributed by atoms with Gasteiger partial charge in [-0.25, -0.2) is 0 Å². The van der Waals surface area contributed by atoms with Gasteiger partial charge in [0.25, 0.3) is 0 Å². The average Bonchev–Trinajstić information content (AvgIpc) is 3.55. The first-order chi connectivity index (χ1) is 17.0. The molecular formula is C27H23ClN4O2S. The van der Waals surface area contributed by atoms with Gasteiger partial charge in [-0.2, -0.15) is 0 Å². The number of ether oxygens (including phenoxy) is 2. The maximum Gasteiger partial charge on any atom is 0.231 e. The van der Waals surface area contributed by atoms with Crippen molar-refractivity contribution in [3.05, 3.63) is 101 Å². The molecule has 4 heterocycles. The molecule has 2 atom stereocenters. The van der Waals surface area contributed by atoms with Crippen molar-refractivity contribution in [3.8, 4) is 17.2 Å². The number of halogens is 1. The quantitative estimate of drug-likeness (QED) is 0.343. The van der Waals surface area contributed by atoms with Crippen LogP contribution in [-0.2, 0) is 0 Å². The minimum absolute atomic E-state index is 0.120. The van der Waals surface area contributed by atoms with Crippen molar-refractivity contribution >= 4 is 34.6 Å². The minimum atomic E-state index is -0.131. The number of anilines is 1. The number of aryl methyl sites for hydroxylation is 1. The number of thiocarbonyl (C=S) groups is 1. The monoisotopic (exact) mass is 502 g/mol. The highest BCUT2D eigenvalue weighted by atomic mass is 35.5. The van der Waals surface area contributed by atoms with Crippen molar-refractivity contribution in [3.63, 3.8) is 0 Å². The van der Waals surface area contributed by atoms with Crippen LogP contribution in [0.25, 0.3) is 5.69 Å². The highest BCUT2D eigenvalue weighted by Crippen LogP contribution is 2.46. The predicted octanol–water partition coefficient (Wildman–Crippen LogP) is 6.05. The fourth-order valence-electron chi connectivity index (χ4n) is 5.06. The van der Waals surface area contributed by atoms with E-state index < -0.39 is 0 Å². The normalized spacial score (nSPS) is 18.7. The molecule has 176 valence electrons. The molecule has 2 aliphatic rings. The van der Waals surface area contributed by atoms with E-state index in [9.17, 15) is 0 Å². The highest BCUT2D eigenvalue weighted by molar-refractivity contribution is 7.80. The van der Waals surface area contributed by atoms with Crippen molar-refractivity contribution in [2.75, 3.05) is 11.7 Å². The van der Waals surface area contributed by atoms with E-state index in [1.807, 2.05) is 66.9 Å². The molecule has 2 aliphatic heterocycles. The standard InChI is InChI=1S/C27H23ClN4O2S/c1-16-13-21(17(2)31(16)19-8-6-18(28)7-9-19)26-25(22-5-3-4-12-29-22)30-27(35)32(26)20-10-11-23-24(14-20)34-15-33-23/h3-14,25-26H,15H2,1-2H3,(H,30,35)/t25-,26-/m0/s1. The molecule has 0 amide bonds. The number of benzene rings is 2. The number of rotatable bonds is 4. The van der Waals surface area contributed by atoms with Gasteiger partial charge in [0.1, 0.15) is 0 Å². The minimum Gasteiger partial charge on any atom is -0.454 e. The number of fused-ring (bicyclic) bond motifs is 1. The Balaban J connectivity index is 1.51. The molecule has 6 nitrogen and oxygen atoms in total. The molecule has 0 saturated carbocycles. The molecule has 1 saturated heterocycles. The second-order valence-electron chi connectivity index (χ2n) is 8.67. The molecule has 1 fully saturated rings. The number of aromatic nitrogens is 2. The van der Waals surface area contributed by atoms with Gasteiger partial charge >= 0.3 is 0 Å². The number of nitrogens with zero attached hydrogens (tertiary/aromatic N) is 3. The van der Waals surface area contributed by atoms with Gasteiger partial charge in [-0.15, -0.1) is 0 Å². The Labute approximate surface area is 214 Å². The predicted molar refractivity (Wildman–Crippen MR) is 141 cm³/mol. The second-order valence-corrected chi connectivity index (χ2v) is 9.50. The maximum atomic E-state index is 6.15. The van der Waals surface area contributed by atoms with Crippen LogP contribution in [0.1, 0.15) is 34.7 Å². The van der Waals surface area contributed by atoms with Crippen molar-refractivity contribution < 1.29 is 9.47 Å². The van der Waals surface area contributed by atoms with E-state index in [0.717, 1.165) is 45.5 Å². The van der Waals surface area contributed by atoms with Gasteiger partial charge in [0.15, 0.2) is 16.6 Å². The number of pyridine rings is 1. The van der Waals surface area contributed by atoms with E-state index >= 15 is 0 Å². The van der Waals surface area contributed by atoms with Gasteiger partial charge in [-0.1, -0.05) is 17.7 Å². The van der Waals surface area contributed by atoms with E-state index in [-0.39, 0.29) is 18.9 Å². The third-order valence-corrected chi connectivity index (χ3v) is 7.17. The largest absolute Gasteiger partial charge is 0.454 e. The van der Waals surface area contributed by atoms with Crippen molar-refractivity contribution in [1.29, 1.82) is 0 Å². The van der Waals surface area contributed by atoms with E-state index in [1.54, 1.807) is 0 Å². The van der Waals surface area contributed by atoms with E-state index in [2.05, 4.69) is 39.7 Å². The summed E-state index contributed by atoms with van der Waals surface area (Å²) in [6, 6.07) is 21.8. The molecule has 0 spiro atoms. The lowest BCUT2D eigenvalue weighted by Crippen LogP contribution is -2.29. The zero-order valence-corrected chi connectivity index (χ0v) is 20.8. The van der Waals surface area contributed by atoms with Gasteiger partial charge in [-0.3, -0.25) is 4.98 Å². The SMILES string of the molecule is Cc1cc([C@H]2[C@H](c3ccccn3)NC(=S)N2c2ccc3c(c2)OCO3)c(C)n1-c1ccc(Cl)cc1. The molecule has 0 radical (unpaired) electrons. The van der Waals surface area contributed by atoms with Crippen LogP contribution in [0.5, 0.6) is 11.5 Å². The number of nitrogens with one attached hydrogen (secondary N) is 1. The van der Waals surface area contributed by atoms with Crippen LogP contribution in [0.15, 0.2) is 72.9 Å². The first-order valence-corrected chi connectivity index (χ1v) is 12.1. The summed E-state index contributed by atoms with van der Waals surface area (Å²) in [6.45, 7) is 4.49. The number of hydrogen-bond donors (Lipinski definition) is 1. The zero-order chi connectivity index (χ0) is 24.1. The Hall–Kier alpha value is -3.55. The van der Waals surface area contributed by atoms with Crippen LogP contribution in [-0.4, -0.2) is 21.5 Å². The summed E-state index contributed by atoms with van der Waals surface area (Å²) in [4.78, 5) is 6.83. The zero-order valence-electron chi connectivity index (χ0n) is 19.2. The highest BCUT2D eigenvalue weighted by Gasteiger charge is 2.42. The first kappa shape index (κ1) is 21.9. The van der Waals surface area contributed by atoms with Crippen molar-refractivity contribution in [2.45, 2.75) is 25.9 Å². The summed E-state index contributed by atoms with van der Waals surface area (Å²) in [7, 11) is 0. The van der Waals surface area contributed by atoms with Crippen LogP contribution < -0.4 is 19.7 Å². The maximum absolute atomic E-state index is 6.15. The van der Waals surface area contributed by atoms with Crippen LogP contribution in [0.2, 0.25) is 5.02 Å². The third kappa shape index (κ3) is 3.72. The smallest absolute Gasteiger partial charge is 0.231 e. The van der Waals surface area contributed by atoms with Gasteiger partial charge in [0.2, 0.25) is 6.79 Å². The summed E-state index contributed by atoms with van der Waals surface area (Å²) in [5, 5.41) is 4.89. The Bertz CT molecular complexity index is 1420. The summed E-state index contributed by atoms with van der Waals surface area (Å²) in [5.41, 5.74) is 6.35. The third-order valence-electron chi connectivity index (χ3n) is 6.61. The van der Waals surface area contributed by atoms with Crippen molar-refractivity contribution in [2.24, 2.45) is 0 Å². The second kappa shape index (κ2) is 8.59. The van der Waals surface area contributed by atoms with E-state index in [1.165, 1.54) is 0 Å². The molecule has 2 aromatic carbocycles. The lowest BCUT2D eigenvalue weighted by atomic mass is 9.96. The molecule has 2 aromatic heterocycles.